The fourth-order valence-electron chi connectivity index (χ4n) is 1.99. The van der Waals surface area contributed by atoms with Crippen LogP contribution in [0.3, 0.4) is 0 Å². The number of anilines is 1. The first-order valence-electron chi connectivity index (χ1n) is 6.36. The number of rotatable bonds is 6. The lowest BCUT2D eigenvalue weighted by Crippen LogP contribution is -2.26. The molecule has 0 unspecified atom stereocenters. The van der Waals surface area contributed by atoms with Crippen LogP contribution in [0.4, 0.5) is 11.4 Å². The van der Waals surface area contributed by atoms with E-state index in [0.29, 0.717) is 17.3 Å². The number of nitro benzene ring substituents is 1. The van der Waals surface area contributed by atoms with Crippen molar-refractivity contribution < 1.29 is 4.92 Å². The van der Waals surface area contributed by atoms with Gasteiger partial charge in [0.1, 0.15) is 0 Å². The number of non-ortho nitro benzene ring substituents is 1. The van der Waals surface area contributed by atoms with Crippen molar-refractivity contribution in [1.82, 2.24) is 4.90 Å². The molecule has 0 spiro atoms. The minimum atomic E-state index is -0.454. The predicted octanol–water partition coefficient (Wildman–Crippen LogP) is 4.02. The molecule has 2 rings (SSSR count). The third kappa shape index (κ3) is 3.93. The van der Waals surface area contributed by atoms with E-state index in [9.17, 15) is 10.1 Å². The number of hydrogen-bond acceptors (Lipinski definition) is 5. The van der Waals surface area contributed by atoms with Gasteiger partial charge in [0.15, 0.2) is 0 Å². The van der Waals surface area contributed by atoms with Crippen molar-refractivity contribution in [2.24, 2.45) is 0 Å². The molecule has 0 saturated heterocycles. The molecule has 1 aromatic carbocycles. The van der Waals surface area contributed by atoms with E-state index < -0.39 is 4.92 Å². The van der Waals surface area contributed by atoms with Crippen molar-refractivity contribution in [3.05, 3.63) is 55.7 Å². The lowest BCUT2D eigenvalue weighted by Gasteiger charge is -2.24. The smallest absolute Gasteiger partial charge is 0.271 e. The molecule has 2 aromatic rings. The summed E-state index contributed by atoms with van der Waals surface area (Å²) in [5, 5.41) is 16.4. The average Bonchev–Trinajstić information content (AvgIpc) is 2.93. The number of nitrogens with zero attached hydrogens (tertiary/aromatic N) is 2. The Kier molecular flexibility index (Phi) is 5.17. The molecule has 0 aliphatic rings. The van der Waals surface area contributed by atoms with Crippen LogP contribution < -0.4 is 5.32 Å². The number of benzene rings is 1. The minimum absolute atomic E-state index is 0.00651. The molecule has 0 radical (unpaired) electrons. The summed E-state index contributed by atoms with van der Waals surface area (Å²) in [7, 11) is 4.03. The monoisotopic (exact) mass is 325 g/mol. The van der Waals surface area contributed by atoms with Crippen LogP contribution in [0.5, 0.6) is 0 Å². The van der Waals surface area contributed by atoms with Crippen LogP contribution >= 0.6 is 22.9 Å². The number of halogens is 1. The largest absolute Gasteiger partial charge is 0.382 e. The third-order valence-electron chi connectivity index (χ3n) is 3.14. The fourth-order valence-corrected chi connectivity index (χ4v) is 3.15. The highest BCUT2D eigenvalue weighted by molar-refractivity contribution is 7.10. The first-order chi connectivity index (χ1) is 9.99. The first-order valence-corrected chi connectivity index (χ1v) is 7.62. The summed E-state index contributed by atoms with van der Waals surface area (Å²) in [5.41, 5.74) is 0.693. The molecule has 7 heteroatoms. The van der Waals surface area contributed by atoms with Gasteiger partial charge in [-0.25, -0.2) is 0 Å². The van der Waals surface area contributed by atoms with Crippen molar-refractivity contribution in [2.45, 2.75) is 6.04 Å². The SMILES string of the molecule is CN(C)[C@@H](CNc1ccc([N+](=O)[O-])cc1Cl)c1cccs1. The molecule has 0 aliphatic heterocycles. The standard InChI is InChI=1S/C14H16ClN3O2S/c1-17(2)13(14-4-3-7-21-14)9-16-12-6-5-10(18(19)20)8-11(12)15/h3-8,13,16H,9H2,1-2H3/t13-/m0/s1. The maximum absolute atomic E-state index is 10.7. The number of nitro groups is 1. The summed E-state index contributed by atoms with van der Waals surface area (Å²) in [6.07, 6.45) is 0. The second-order valence-corrected chi connectivity index (χ2v) is 6.18. The zero-order valence-corrected chi connectivity index (χ0v) is 13.3. The second kappa shape index (κ2) is 6.89. The Labute approximate surface area is 132 Å². The van der Waals surface area contributed by atoms with Crippen molar-refractivity contribution in [3.8, 4) is 0 Å². The molecule has 112 valence electrons. The minimum Gasteiger partial charge on any atom is -0.382 e. The third-order valence-corrected chi connectivity index (χ3v) is 4.43. The zero-order chi connectivity index (χ0) is 15.4. The van der Waals surface area contributed by atoms with E-state index in [2.05, 4.69) is 16.3 Å². The normalized spacial score (nSPS) is 12.4. The predicted molar refractivity (Wildman–Crippen MR) is 87.3 cm³/mol. The summed E-state index contributed by atoms with van der Waals surface area (Å²) in [5.74, 6) is 0. The van der Waals surface area contributed by atoms with E-state index in [-0.39, 0.29) is 11.7 Å². The lowest BCUT2D eigenvalue weighted by atomic mass is 10.2. The Morgan fingerprint density at radius 2 is 2.19 bits per heavy atom. The number of thiophene rings is 1. The summed E-state index contributed by atoms with van der Waals surface area (Å²) in [6.45, 7) is 0.672. The van der Waals surface area contributed by atoms with Gasteiger partial charge in [0.2, 0.25) is 0 Å². The summed E-state index contributed by atoms with van der Waals surface area (Å²) < 4.78 is 0. The number of likely N-dealkylation sites (N-methyl/N-ethyl adjacent to an activating group) is 1. The molecule has 1 atom stereocenters. The molecule has 0 saturated carbocycles. The van der Waals surface area contributed by atoms with Gasteiger partial charge >= 0.3 is 0 Å². The van der Waals surface area contributed by atoms with E-state index in [4.69, 9.17) is 11.6 Å². The number of nitrogens with one attached hydrogen (secondary N) is 1. The highest BCUT2D eigenvalue weighted by atomic mass is 35.5. The molecule has 0 fully saturated rings. The van der Waals surface area contributed by atoms with E-state index in [1.165, 1.54) is 17.0 Å². The van der Waals surface area contributed by atoms with Gasteiger partial charge in [-0.3, -0.25) is 10.1 Å². The molecule has 5 nitrogen and oxygen atoms in total. The van der Waals surface area contributed by atoms with Gasteiger partial charge in [0.25, 0.3) is 5.69 Å². The Balaban J connectivity index is 2.09. The highest BCUT2D eigenvalue weighted by Gasteiger charge is 2.16. The zero-order valence-electron chi connectivity index (χ0n) is 11.7. The Morgan fingerprint density at radius 1 is 1.43 bits per heavy atom. The maximum Gasteiger partial charge on any atom is 0.271 e. The van der Waals surface area contributed by atoms with E-state index >= 15 is 0 Å². The van der Waals surface area contributed by atoms with Crippen LogP contribution in [0, 0.1) is 10.1 Å². The topological polar surface area (TPSA) is 58.4 Å². The van der Waals surface area contributed by atoms with Crippen LogP contribution in [-0.4, -0.2) is 30.5 Å². The lowest BCUT2D eigenvalue weighted by molar-refractivity contribution is -0.384. The van der Waals surface area contributed by atoms with Crippen molar-refractivity contribution in [1.29, 1.82) is 0 Å². The van der Waals surface area contributed by atoms with Gasteiger partial charge in [0, 0.05) is 23.6 Å². The number of hydrogen-bond donors (Lipinski definition) is 1. The molecule has 0 bridgehead atoms. The van der Waals surface area contributed by atoms with E-state index in [1.54, 1.807) is 17.4 Å². The summed E-state index contributed by atoms with van der Waals surface area (Å²) >= 11 is 7.78. The molecular weight excluding hydrogens is 310 g/mol. The Hall–Kier alpha value is -1.63. The molecule has 1 heterocycles. The van der Waals surface area contributed by atoms with Gasteiger partial charge in [-0.2, -0.15) is 0 Å². The Bertz CT molecular complexity index is 617. The molecule has 0 aliphatic carbocycles. The molecule has 1 N–H and O–H groups in total. The summed E-state index contributed by atoms with van der Waals surface area (Å²) in [4.78, 5) is 13.6. The maximum atomic E-state index is 10.7. The van der Waals surface area contributed by atoms with Gasteiger partial charge in [-0.15, -0.1) is 11.3 Å². The molecular formula is C14H16ClN3O2S. The quantitative estimate of drug-likeness (QED) is 0.643. The van der Waals surface area contributed by atoms with E-state index in [0.717, 1.165) is 0 Å². The van der Waals surface area contributed by atoms with Crippen LogP contribution in [0.1, 0.15) is 10.9 Å². The van der Waals surface area contributed by atoms with E-state index in [1.807, 2.05) is 25.5 Å². The van der Waals surface area contributed by atoms with Crippen molar-refractivity contribution >= 4 is 34.3 Å². The highest BCUT2D eigenvalue weighted by Crippen LogP contribution is 2.29. The van der Waals surface area contributed by atoms with Gasteiger partial charge in [-0.05, 0) is 31.6 Å². The molecule has 0 amide bonds. The van der Waals surface area contributed by atoms with Gasteiger partial charge < -0.3 is 10.2 Å². The van der Waals surface area contributed by atoms with Crippen LogP contribution in [0.2, 0.25) is 5.02 Å². The fraction of sp³-hybridized carbons (Fsp3) is 0.286. The molecule has 1 aromatic heterocycles. The van der Waals surface area contributed by atoms with Gasteiger partial charge in [-0.1, -0.05) is 17.7 Å². The van der Waals surface area contributed by atoms with Gasteiger partial charge in [0.05, 0.1) is 21.7 Å². The first kappa shape index (κ1) is 15.8. The Morgan fingerprint density at radius 3 is 2.71 bits per heavy atom. The van der Waals surface area contributed by atoms with Crippen LogP contribution in [0.25, 0.3) is 0 Å². The average molecular weight is 326 g/mol. The van der Waals surface area contributed by atoms with Crippen molar-refractivity contribution in [2.75, 3.05) is 26.0 Å². The van der Waals surface area contributed by atoms with Crippen molar-refractivity contribution in [3.63, 3.8) is 0 Å². The summed E-state index contributed by atoms with van der Waals surface area (Å²) in [6, 6.07) is 8.78. The second-order valence-electron chi connectivity index (χ2n) is 4.80. The van der Waals surface area contributed by atoms with Crippen LogP contribution in [-0.2, 0) is 0 Å². The molecule has 21 heavy (non-hydrogen) atoms. The van der Waals surface area contributed by atoms with Crippen LogP contribution in [0.15, 0.2) is 35.7 Å².